The SMILES string of the molecule is CCCc1nn2c(C=O)c(-c3ccc(Cl)cc3)nc2s1. The number of fused-ring (bicyclic) bond motifs is 1. The molecular weight excluding hydrogens is 294 g/mol. The highest BCUT2D eigenvalue weighted by molar-refractivity contribution is 7.16. The molecule has 0 saturated heterocycles. The fourth-order valence-corrected chi connectivity index (χ4v) is 3.17. The van der Waals surface area contributed by atoms with Gasteiger partial charge in [0.2, 0.25) is 4.96 Å². The molecule has 2 heterocycles. The second-order valence-electron chi connectivity index (χ2n) is 4.41. The van der Waals surface area contributed by atoms with Gasteiger partial charge in [-0.1, -0.05) is 42.0 Å². The van der Waals surface area contributed by atoms with E-state index in [0.29, 0.717) is 16.4 Å². The average Bonchev–Trinajstić information content (AvgIpc) is 2.96. The quantitative estimate of drug-likeness (QED) is 0.687. The van der Waals surface area contributed by atoms with Gasteiger partial charge in [0.25, 0.3) is 0 Å². The molecule has 0 spiro atoms. The van der Waals surface area contributed by atoms with Crippen molar-refractivity contribution in [3.63, 3.8) is 0 Å². The molecule has 20 heavy (non-hydrogen) atoms. The Kier molecular flexibility index (Phi) is 3.54. The van der Waals surface area contributed by atoms with Crippen LogP contribution >= 0.6 is 22.9 Å². The van der Waals surface area contributed by atoms with Crippen molar-refractivity contribution in [1.82, 2.24) is 14.6 Å². The van der Waals surface area contributed by atoms with Gasteiger partial charge in [-0.05, 0) is 18.6 Å². The zero-order valence-corrected chi connectivity index (χ0v) is 12.4. The molecule has 3 rings (SSSR count). The third kappa shape index (κ3) is 2.23. The standard InChI is InChI=1S/C14H12ClN3OS/c1-2-3-12-17-18-11(8-19)13(16-14(18)20-12)9-4-6-10(15)7-5-9/h4-8H,2-3H2,1H3. The van der Waals surface area contributed by atoms with E-state index in [-0.39, 0.29) is 0 Å². The van der Waals surface area contributed by atoms with Crippen molar-refractivity contribution in [2.75, 3.05) is 0 Å². The van der Waals surface area contributed by atoms with E-state index < -0.39 is 0 Å². The van der Waals surface area contributed by atoms with E-state index in [2.05, 4.69) is 17.0 Å². The molecule has 3 aromatic rings. The molecule has 2 aromatic heterocycles. The number of aldehydes is 1. The number of halogens is 1. The Morgan fingerprint density at radius 2 is 2.10 bits per heavy atom. The van der Waals surface area contributed by atoms with Gasteiger partial charge in [-0.3, -0.25) is 4.79 Å². The number of aromatic nitrogens is 3. The number of nitrogens with zero attached hydrogens (tertiary/aromatic N) is 3. The van der Waals surface area contributed by atoms with Gasteiger partial charge in [0.1, 0.15) is 16.4 Å². The Morgan fingerprint density at radius 1 is 1.35 bits per heavy atom. The predicted octanol–water partition coefficient (Wildman–Crippen LogP) is 3.88. The minimum atomic E-state index is 0.487. The van der Waals surface area contributed by atoms with Crippen LogP contribution in [-0.2, 0) is 6.42 Å². The highest BCUT2D eigenvalue weighted by Crippen LogP contribution is 2.27. The highest BCUT2D eigenvalue weighted by Gasteiger charge is 2.17. The van der Waals surface area contributed by atoms with E-state index >= 15 is 0 Å². The molecule has 0 radical (unpaired) electrons. The minimum Gasteiger partial charge on any atom is -0.296 e. The van der Waals surface area contributed by atoms with Gasteiger partial charge >= 0.3 is 0 Å². The van der Waals surface area contributed by atoms with Crippen LogP contribution in [0.25, 0.3) is 16.2 Å². The van der Waals surface area contributed by atoms with Gasteiger partial charge in [-0.2, -0.15) is 9.61 Å². The van der Waals surface area contributed by atoms with Crippen LogP contribution in [-0.4, -0.2) is 20.9 Å². The number of benzene rings is 1. The second-order valence-corrected chi connectivity index (χ2v) is 5.89. The first-order chi connectivity index (χ1) is 9.72. The Balaban J connectivity index is 2.13. The van der Waals surface area contributed by atoms with E-state index in [1.54, 1.807) is 16.6 Å². The van der Waals surface area contributed by atoms with Crippen molar-refractivity contribution in [3.8, 4) is 11.3 Å². The third-order valence-electron chi connectivity index (χ3n) is 2.97. The zero-order chi connectivity index (χ0) is 14.1. The maximum Gasteiger partial charge on any atom is 0.213 e. The molecule has 0 amide bonds. The van der Waals surface area contributed by atoms with Crippen molar-refractivity contribution >= 4 is 34.2 Å². The van der Waals surface area contributed by atoms with Crippen LogP contribution in [0.3, 0.4) is 0 Å². The molecule has 0 atom stereocenters. The number of carbonyl (C=O) groups excluding carboxylic acids is 1. The first-order valence-electron chi connectivity index (χ1n) is 6.32. The van der Waals surface area contributed by atoms with E-state index in [1.807, 2.05) is 12.1 Å². The normalized spacial score (nSPS) is 11.1. The molecule has 4 nitrogen and oxygen atoms in total. The lowest BCUT2D eigenvalue weighted by Crippen LogP contribution is -1.95. The second kappa shape index (κ2) is 5.34. The molecule has 1 aromatic carbocycles. The first kappa shape index (κ1) is 13.3. The molecule has 102 valence electrons. The summed E-state index contributed by atoms with van der Waals surface area (Å²) in [5.74, 6) is 0. The summed E-state index contributed by atoms with van der Waals surface area (Å²) >= 11 is 7.41. The summed E-state index contributed by atoms with van der Waals surface area (Å²) in [4.78, 5) is 16.7. The van der Waals surface area contributed by atoms with Gasteiger partial charge in [-0.25, -0.2) is 4.98 Å². The van der Waals surface area contributed by atoms with Crippen LogP contribution in [0.4, 0.5) is 0 Å². The monoisotopic (exact) mass is 305 g/mol. The minimum absolute atomic E-state index is 0.487. The molecule has 0 N–H and O–H groups in total. The molecule has 0 fully saturated rings. The van der Waals surface area contributed by atoms with Crippen LogP contribution in [0.5, 0.6) is 0 Å². The lowest BCUT2D eigenvalue weighted by Gasteiger charge is -1.98. The lowest BCUT2D eigenvalue weighted by atomic mass is 10.1. The van der Waals surface area contributed by atoms with Crippen LogP contribution in [0.1, 0.15) is 28.8 Å². The summed E-state index contributed by atoms with van der Waals surface area (Å²) in [6.07, 6.45) is 2.74. The molecule has 0 saturated carbocycles. The molecule has 0 aliphatic carbocycles. The Labute approximate surface area is 125 Å². The number of hydrogen-bond acceptors (Lipinski definition) is 4. The van der Waals surface area contributed by atoms with Gasteiger partial charge in [-0.15, -0.1) is 0 Å². The van der Waals surface area contributed by atoms with Gasteiger partial charge in [0, 0.05) is 17.0 Å². The fourth-order valence-electron chi connectivity index (χ4n) is 2.04. The van der Waals surface area contributed by atoms with Gasteiger partial charge < -0.3 is 0 Å². The van der Waals surface area contributed by atoms with Crippen molar-refractivity contribution in [1.29, 1.82) is 0 Å². The Morgan fingerprint density at radius 3 is 2.75 bits per heavy atom. The maximum atomic E-state index is 11.4. The average molecular weight is 306 g/mol. The maximum absolute atomic E-state index is 11.4. The highest BCUT2D eigenvalue weighted by atomic mass is 35.5. The van der Waals surface area contributed by atoms with Crippen molar-refractivity contribution < 1.29 is 4.79 Å². The summed E-state index contributed by atoms with van der Waals surface area (Å²) in [6, 6.07) is 7.28. The number of aryl methyl sites for hydroxylation is 1. The molecule has 6 heteroatoms. The smallest absolute Gasteiger partial charge is 0.213 e. The largest absolute Gasteiger partial charge is 0.296 e. The molecule has 0 aliphatic rings. The van der Waals surface area contributed by atoms with Crippen LogP contribution in [0.15, 0.2) is 24.3 Å². The van der Waals surface area contributed by atoms with Crippen LogP contribution in [0, 0.1) is 0 Å². The van der Waals surface area contributed by atoms with Crippen molar-refractivity contribution in [2.24, 2.45) is 0 Å². The van der Waals surface area contributed by atoms with Crippen LogP contribution < -0.4 is 0 Å². The Bertz CT molecular complexity index is 761. The molecule has 0 bridgehead atoms. The predicted molar refractivity (Wildman–Crippen MR) is 80.7 cm³/mol. The number of hydrogen-bond donors (Lipinski definition) is 0. The summed E-state index contributed by atoms with van der Waals surface area (Å²) in [5.41, 5.74) is 2.01. The van der Waals surface area contributed by atoms with Crippen molar-refractivity contribution in [2.45, 2.75) is 19.8 Å². The molecule has 0 unspecified atom stereocenters. The topological polar surface area (TPSA) is 47.3 Å². The molecular formula is C14H12ClN3OS. The summed E-state index contributed by atoms with van der Waals surface area (Å²) < 4.78 is 1.63. The van der Waals surface area contributed by atoms with E-state index in [1.165, 1.54) is 11.3 Å². The van der Waals surface area contributed by atoms with Gasteiger partial charge in [0.15, 0.2) is 6.29 Å². The van der Waals surface area contributed by atoms with Crippen molar-refractivity contribution in [3.05, 3.63) is 40.0 Å². The number of carbonyl (C=O) groups is 1. The lowest BCUT2D eigenvalue weighted by molar-refractivity contribution is 0.111. The number of imidazole rings is 1. The summed E-state index contributed by atoms with van der Waals surface area (Å²) in [6.45, 7) is 2.10. The third-order valence-corrected chi connectivity index (χ3v) is 4.19. The zero-order valence-electron chi connectivity index (χ0n) is 10.8. The van der Waals surface area contributed by atoms with E-state index in [9.17, 15) is 4.79 Å². The van der Waals surface area contributed by atoms with E-state index in [4.69, 9.17) is 11.6 Å². The van der Waals surface area contributed by atoms with Gasteiger partial charge in [0.05, 0.1) is 0 Å². The molecule has 0 aliphatic heterocycles. The summed E-state index contributed by atoms with van der Waals surface area (Å²) in [5, 5.41) is 6.11. The van der Waals surface area contributed by atoms with Crippen LogP contribution in [0.2, 0.25) is 5.02 Å². The first-order valence-corrected chi connectivity index (χ1v) is 7.52. The summed E-state index contributed by atoms with van der Waals surface area (Å²) in [7, 11) is 0. The number of rotatable bonds is 4. The Hall–Kier alpha value is -1.72. The fraction of sp³-hybridized carbons (Fsp3) is 0.214. The van der Waals surface area contributed by atoms with E-state index in [0.717, 1.165) is 34.7 Å².